The highest BCUT2D eigenvalue weighted by Crippen LogP contribution is 2.27. The van der Waals surface area contributed by atoms with Crippen LogP contribution in [0.2, 0.25) is 0 Å². The predicted octanol–water partition coefficient (Wildman–Crippen LogP) is 2.36. The average Bonchev–Trinajstić information content (AvgIpc) is 2.57. The molecule has 0 fully saturated rings. The van der Waals surface area contributed by atoms with Crippen molar-refractivity contribution in [2.24, 2.45) is 7.05 Å². The van der Waals surface area contributed by atoms with Gasteiger partial charge in [-0.15, -0.1) is 0 Å². The van der Waals surface area contributed by atoms with E-state index < -0.39 is 5.97 Å². The lowest BCUT2D eigenvalue weighted by molar-refractivity contribution is 0.0693. The van der Waals surface area contributed by atoms with Gasteiger partial charge in [0.2, 0.25) is 5.88 Å². The first-order valence-corrected chi connectivity index (χ1v) is 5.19. The highest BCUT2D eigenvalue weighted by atomic mass is 19.1. The molecule has 6 heteroatoms. The van der Waals surface area contributed by atoms with Gasteiger partial charge in [-0.05, 0) is 31.2 Å². The molecule has 0 saturated heterocycles. The van der Waals surface area contributed by atoms with Crippen molar-refractivity contribution in [1.82, 2.24) is 9.78 Å². The van der Waals surface area contributed by atoms with E-state index in [1.165, 1.54) is 28.9 Å². The zero-order valence-electron chi connectivity index (χ0n) is 9.85. The van der Waals surface area contributed by atoms with Gasteiger partial charge in [-0.3, -0.25) is 0 Å². The fourth-order valence-electron chi connectivity index (χ4n) is 1.61. The third-order valence-electron chi connectivity index (χ3n) is 2.41. The monoisotopic (exact) mass is 250 g/mol. The molecule has 0 saturated carbocycles. The van der Waals surface area contributed by atoms with Crippen LogP contribution in [0, 0.1) is 12.7 Å². The van der Waals surface area contributed by atoms with Crippen LogP contribution in [0.25, 0.3) is 0 Å². The Bertz CT molecular complexity index is 590. The molecule has 0 spiro atoms. The van der Waals surface area contributed by atoms with Gasteiger partial charge >= 0.3 is 5.97 Å². The highest BCUT2D eigenvalue weighted by molar-refractivity contribution is 5.91. The molecule has 5 nitrogen and oxygen atoms in total. The second kappa shape index (κ2) is 4.48. The standard InChI is InChI=1S/C12H11FN2O3/c1-7-10(12(16)17)11(15(2)14-7)18-9-5-3-8(13)4-6-9/h3-6H,1-2H3,(H,16,17). The van der Waals surface area contributed by atoms with Gasteiger partial charge in [0, 0.05) is 7.05 Å². The normalized spacial score (nSPS) is 10.4. The van der Waals surface area contributed by atoms with Crippen molar-refractivity contribution >= 4 is 5.97 Å². The number of aromatic carboxylic acids is 1. The minimum Gasteiger partial charge on any atom is -0.477 e. The Morgan fingerprint density at radius 3 is 2.56 bits per heavy atom. The molecule has 1 N–H and O–H groups in total. The zero-order valence-corrected chi connectivity index (χ0v) is 9.85. The number of aromatic nitrogens is 2. The van der Waals surface area contributed by atoms with Crippen LogP contribution in [0.1, 0.15) is 16.1 Å². The van der Waals surface area contributed by atoms with Gasteiger partial charge in [0.15, 0.2) is 0 Å². The SMILES string of the molecule is Cc1nn(C)c(Oc2ccc(F)cc2)c1C(=O)O. The Morgan fingerprint density at radius 1 is 1.39 bits per heavy atom. The quantitative estimate of drug-likeness (QED) is 0.908. The summed E-state index contributed by atoms with van der Waals surface area (Å²) in [7, 11) is 1.58. The Kier molecular flexibility index (Phi) is 3.01. The van der Waals surface area contributed by atoms with Crippen molar-refractivity contribution in [2.75, 3.05) is 0 Å². The van der Waals surface area contributed by atoms with Gasteiger partial charge in [0.05, 0.1) is 5.69 Å². The Hall–Kier alpha value is -2.37. The molecule has 0 radical (unpaired) electrons. The maximum atomic E-state index is 12.7. The summed E-state index contributed by atoms with van der Waals surface area (Å²) < 4.78 is 19.5. The summed E-state index contributed by atoms with van der Waals surface area (Å²) in [5, 5.41) is 13.1. The number of carboxylic acids is 1. The van der Waals surface area contributed by atoms with E-state index in [4.69, 9.17) is 9.84 Å². The first kappa shape index (κ1) is 12.1. The molecule has 0 aliphatic rings. The lowest BCUT2D eigenvalue weighted by Gasteiger charge is -2.06. The Labute approximate surface area is 102 Å². The van der Waals surface area contributed by atoms with E-state index in [1.54, 1.807) is 14.0 Å². The molecule has 0 bridgehead atoms. The second-order valence-corrected chi connectivity index (χ2v) is 3.75. The van der Waals surface area contributed by atoms with Gasteiger partial charge in [0.1, 0.15) is 17.1 Å². The molecule has 2 aromatic rings. The first-order valence-electron chi connectivity index (χ1n) is 5.19. The van der Waals surface area contributed by atoms with Gasteiger partial charge in [-0.25, -0.2) is 13.9 Å². The van der Waals surface area contributed by atoms with Crippen LogP contribution < -0.4 is 4.74 Å². The first-order chi connectivity index (χ1) is 8.49. The van der Waals surface area contributed by atoms with Gasteiger partial charge in [-0.1, -0.05) is 0 Å². The highest BCUT2D eigenvalue weighted by Gasteiger charge is 2.21. The topological polar surface area (TPSA) is 64.4 Å². The zero-order chi connectivity index (χ0) is 13.3. The maximum absolute atomic E-state index is 12.7. The number of hydrogen-bond acceptors (Lipinski definition) is 3. The van der Waals surface area contributed by atoms with E-state index in [9.17, 15) is 9.18 Å². The van der Waals surface area contributed by atoms with Crippen LogP contribution in [-0.2, 0) is 7.05 Å². The van der Waals surface area contributed by atoms with Crippen LogP contribution >= 0.6 is 0 Å². The fourth-order valence-corrected chi connectivity index (χ4v) is 1.61. The summed E-state index contributed by atoms with van der Waals surface area (Å²) in [6.45, 7) is 1.58. The molecule has 1 aromatic carbocycles. The molecule has 2 rings (SSSR count). The van der Waals surface area contributed by atoms with E-state index in [0.717, 1.165) is 0 Å². The van der Waals surface area contributed by atoms with E-state index in [-0.39, 0.29) is 17.3 Å². The van der Waals surface area contributed by atoms with Crippen molar-refractivity contribution in [2.45, 2.75) is 6.92 Å². The summed E-state index contributed by atoms with van der Waals surface area (Å²) in [5.74, 6) is -1.03. The van der Waals surface area contributed by atoms with E-state index >= 15 is 0 Å². The number of aryl methyl sites for hydroxylation is 2. The number of halogens is 1. The second-order valence-electron chi connectivity index (χ2n) is 3.75. The van der Waals surface area contributed by atoms with Crippen LogP contribution in [0.3, 0.4) is 0 Å². The minimum atomic E-state index is -1.11. The molecule has 1 aromatic heterocycles. The van der Waals surface area contributed by atoms with Crippen molar-refractivity contribution in [3.63, 3.8) is 0 Å². The smallest absolute Gasteiger partial charge is 0.343 e. The largest absolute Gasteiger partial charge is 0.477 e. The summed E-state index contributed by atoms with van der Waals surface area (Å²) in [6, 6.07) is 5.31. The number of hydrogen-bond donors (Lipinski definition) is 1. The molecule has 1 heterocycles. The predicted molar refractivity (Wildman–Crippen MR) is 61.4 cm³/mol. The molecule has 0 unspecified atom stereocenters. The van der Waals surface area contributed by atoms with E-state index in [2.05, 4.69) is 5.10 Å². The molecule has 0 amide bonds. The third-order valence-corrected chi connectivity index (χ3v) is 2.41. The number of rotatable bonds is 3. The Balaban J connectivity index is 2.39. The summed E-state index contributed by atoms with van der Waals surface area (Å²) >= 11 is 0. The average molecular weight is 250 g/mol. The summed E-state index contributed by atoms with van der Waals surface area (Å²) in [4.78, 5) is 11.1. The Morgan fingerprint density at radius 2 is 2.00 bits per heavy atom. The van der Waals surface area contributed by atoms with Crippen LogP contribution in [0.15, 0.2) is 24.3 Å². The summed E-state index contributed by atoms with van der Waals surface area (Å²) in [6.07, 6.45) is 0. The van der Waals surface area contributed by atoms with Crippen molar-refractivity contribution < 1.29 is 19.0 Å². The summed E-state index contributed by atoms with van der Waals surface area (Å²) in [5.41, 5.74) is 0.365. The number of nitrogens with zero attached hydrogens (tertiary/aromatic N) is 2. The molecular weight excluding hydrogens is 239 g/mol. The minimum absolute atomic E-state index is 0.00169. The van der Waals surface area contributed by atoms with Crippen molar-refractivity contribution in [3.8, 4) is 11.6 Å². The van der Waals surface area contributed by atoms with Gasteiger partial charge in [0.25, 0.3) is 0 Å². The van der Waals surface area contributed by atoms with Crippen molar-refractivity contribution in [3.05, 3.63) is 41.3 Å². The molecule has 18 heavy (non-hydrogen) atoms. The molecule has 0 aliphatic heterocycles. The molecule has 0 atom stereocenters. The lowest BCUT2D eigenvalue weighted by Crippen LogP contribution is -2.01. The fraction of sp³-hybridized carbons (Fsp3) is 0.167. The number of benzene rings is 1. The van der Waals surface area contributed by atoms with Gasteiger partial charge in [-0.2, -0.15) is 5.10 Å². The number of carbonyl (C=O) groups is 1. The molecular formula is C12H11FN2O3. The lowest BCUT2D eigenvalue weighted by atomic mass is 10.2. The molecule has 94 valence electrons. The number of carboxylic acid groups (broad SMARTS) is 1. The van der Waals surface area contributed by atoms with Crippen LogP contribution in [0.5, 0.6) is 11.6 Å². The van der Waals surface area contributed by atoms with E-state index in [1.807, 2.05) is 0 Å². The van der Waals surface area contributed by atoms with Crippen LogP contribution in [0.4, 0.5) is 4.39 Å². The van der Waals surface area contributed by atoms with Crippen molar-refractivity contribution in [1.29, 1.82) is 0 Å². The van der Waals surface area contributed by atoms with Crippen LogP contribution in [-0.4, -0.2) is 20.9 Å². The van der Waals surface area contributed by atoms with E-state index in [0.29, 0.717) is 11.4 Å². The molecule has 0 aliphatic carbocycles. The maximum Gasteiger partial charge on any atom is 0.343 e. The third kappa shape index (κ3) is 2.17. The van der Waals surface area contributed by atoms with Gasteiger partial charge < -0.3 is 9.84 Å². The number of ether oxygens (including phenoxy) is 1.